The molecule has 28 nitrogen and oxygen atoms in total. The van der Waals surface area contributed by atoms with E-state index in [0.29, 0.717) is 0 Å². The average molecular weight is 913 g/mol. The fourth-order valence-electron chi connectivity index (χ4n) is 7.31. The molecule has 4 aliphatic rings. The lowest BCUT2D eigenvalue weighted by atomic mass is 9.94. The number of ether oxygens (including phenoxy) is 8. The molecular formula is C34H60N2O26. The second-order valence-corrected chi connectivity index (χ2v) is 15.2. The van der Waals surface area contributed by atoms with Gasteiger partial charge in [-0.1, -0.05) is 0 Å². The Morgan fingerprint density at radius 2 is 1.05 bits per heavy atom. The van der Waals surface area contributed by atoms with Crippen molar-refractivity contribution < 1.29 is 129 Å². The van der Waals surface area contributed by atoms with Crippen molar-refractivity contribution in [1.29, 1.82) is 0 Å². The van der Waals surface area contributed by atoms with E-state index in [4.69, 9.17) is 37.9 Å². The van der Waals surface area contributed by atoms with E-state index < -0.39 is 199 Å². The highest BCUT2D eigenvalue weighted by Gasteiger charge is 2.55. The van der Waals surface area contributed by atoms with E-state index >= 15 is 0 Å². The van der Waals surface area contributed by atoms with Gasteiger partial charge in [-0.15, -0.1) is 0 Å². The third-order valence-corrected chi connectivity index (χ3v) is 10.8. The van der Waals surface area contributed by atoms with Crippen LogP contribution >= 0.6 is 0 Å². The molecule has 362 valence electrons. The van der Waals surface area contributed by atoms with Gasteiger partial charge >= 0.3 is 0 Å². The third kappa shape index (κ3) is 12.1. The van der Waals surface area contributed by atoms with Crippen molar-refractivity contribution in [1.82, 2.24) is 10.6 Å². The van der Waals surface area contributed by atoms with Crippen LogP contribution in [0.2, 0.25) is 0 Å². The first-order valence-corrected chi connectivity index (χ1v) is 19.5. The molecule has 4 rings (SSSR count). The molecule has 2 amide bonds. The Labute approximate surface area is 352 Å². The van der Waals surface area contributed by atoms with Gasteiger partial charge in [-0.25, -0.2) is 0 Å². The van der Waals surface area contributed by atoms with Gasteiger partial charge in [0.05, 0.1) is 45.7 Å². The fraction of sp³-hybridized carbons (Fsp3) is 0.941. The van der Waals surface area contributed by atoms with E-state index in [1.54, 1.807) is 0 Å². The van der Waals surface area contributed by atoms with Crippen LogP contribution in [-0.4, -0.2) is 280 Å². The molecule has 4 heterocycles. The largest absolute Gasteiger partial charge is 0.394 e. The zero-order valence-electron chi connectivity index (χ0n) is 33.3. The van der Waals surface area contributed by atoms with Crippen molar-refractivity contribution in [3.8, 4) is 0 Å². The molecule has 0 bridgehead atoms. The molecule has 18 N–H and O–H groups in total. The van der Waals surface area contributed by atoms with Crippen LogP contribution in [0.25, 0.3) is 0 Å². The summed E-state index contributed by atoms with van der Waals surface area (Å²) in [5.74, 6) is -1.52. The molecule has 0 spiro atoms. The summed E-state index contributed by atoms with van der Waals surface area (Å²) in [5.41, 5.74) is 0. The SMILES string of the molecule is CC(=O)N[C@H]1[C@H](O[C@@H]2[C@@H](OC[C@H]3O[C@@H](O[C@@H]([C@H](O)[C@H](CO)NC(C)=O)[C@H](O)CO)[C@@H](O)[C@@H](O)[C@@H]3O)O[C@H](CO)[C@@H](O)[C@@H]2O)O[C@H](CO)[C@@H](O[C@@H]2O[C@H](CO)[C@H](O)[C@H](O)[C@H]2O)[C@@H]1O. The van der Waals surface area contributed by atoms with Crippen LogP contribution in [0.5, 0.6) is 0 Å². The van der Waals surface area contributed by atoms with E-state index in [-0.39, 0.29) is 0 Å². The van der Waals surface area contributed by atoms with Gasteiger partial charge in [-0.3, -0.25) is 9.59 Å². The van der Waals surface area contributed by atoms with Crippen LogP contribution in [-0.2, 0) is 47.5 Å². The molecule has 0 aromatic heterocycles. The van der Waals surface area contributed by atoms with Gasteiger partial charge in [0.15, 0.2) is 25.2 Å². The van der Waals surface area contributed by atoms with Gasteiger partial charge in [0.1, 0.15) is 116 Å². The Morgan fingerprint density at radius 1 is 0.548 bits per heavy atom. The molecule has 0 aromatic rings. The lowest BCUT2D eigenvalue weighted by molar-refractivity contribution is -0.377. The number of aliphatic hydroxyl groups excluding tert-OH is 16. The van der Waals surface area contributed by atoms with Crippen LogP contribution in [0.3, 0.4) is 0 Å². The topological polar surface area (TPSA) is 456 Å². The Balaban J connectivity index is 1.56. The van der Waals surface area contributed by atoms with Gasteiger partial charge in [-0.05, 0) is 0 Å². The van der Waals surface area contributed by atoms with E-state index in [1.165, 1.54) is 0 Å². The van der Waals surface area contributed by atoms with Gasteiger partial charge < -0.3 is 130 Å². The highest BCUT2D eigenvalue weighted by atomic mass is 16.8. The van der Waals surface area contributed by atoms with Crippen molar-refractivity contribution in [3.63, 3.8) is 0 Å². The predicted octanol–water partition coefficient (Wildman–Crippen LogP) is -12.0. The van der Waals surface area contributed by atoms with Crippen molar-refractivity contribution >= 4 is 11.8 Å². The summed E-state index contributed by atoms with van der Waals surface area (Å²) >= 11 is 0. The molecule has 0 aromatic carbocycles. The number of carbonyl (C=O) groups is 2. The van der Waals surface area contributed by atoms with Crippen LogP contribution in [0.15, 0.2) is 0 Å². The van der Waals surface area contributed by atoms with E-state index in [1.807, 2.05) is 0 Å². The minimum atomic E-state index is -2.11. The molecule has 0 aliphatic carbocycles. The predicted molar refractivity (Wildman–Crippen MR) is 192 cm³/mol. The van der Waals surface area contributed by atoms with E-state index in [9.17, 15) is 91.3 Å². The minimum absolute atomic E-state index is 0.714. The van der Waals surface area contributed by atoms with Crippen molar-refractivity contribution in [2.24, 2.45) is 0 Å². The lowest BCUT2D eigenvalue weighted by Gasteiger charge is -2.49. The van der Waals surface area contributed by atoms with Crippen molar-refractivity contribution in [2.75, 3.05) is 39.6 Å². The van der Waals surface area contributed by atoms with E-state index in [0.717, 1.165) is 13.8 Å². The highest BCUT2D eigenvalue weighted by molar-refractivity contribution is 5.73. The van der Waals surface area contributed by atoms with Gasteiger partial charge in [0, 0.05) is 13.8 Å². The summed E-state index contributed by atoms with van der Waals surface area (Å²) in [6, 6.07) is -3.18. The van der Waals surface area contributed by atoms with Crippen LogP contribution in [0.4, 0.5) is 0 Å². The van der Waals surface area contributed by atoms with Crippen molar-refractivity contribution in [2.45, 2.75) is 161 Å². The summed E-state index contributed by atoms with van der Waals surface area (Å²) in [5, 5.41) is 172. The first-order chi connectivity index (χ1) is 29.2. The number of aliphatic hydroxyl groups is 16. The van der Waals surface area contributed by atoms with Gasteiger partial charge in [0.2, 0.25) is 11.8 Å². The lowest BCUT2D eigenvalue weighted by Crippen LogP contribution is -2.69. The Morgan fingerprint density at radius 3 is 1.58 bits per heavy atom. The van der Waals surface area contributed by atoms with Crippen LogP contribution in [0, 0.1) is 0 Å². The first kappa shape index (κ1) is 52.6. The summed E-state index contributed by atoms with van der Waals surface area (Å²) in [4.78, 5) is 24.0. The summed E-state index contributed by atoms with van der Waals surface area (Å²) < 4.78 is 45.2. The second-order valence-electron chi connectivity index (χ2n) is 15.2. The molecule has 0 radical (unpaired) electrons. The normalized spacial score (nSPS) is 43.6. The zero-order chi connectivity index (χ0) is 46.3. The number of rotatable bonds is 19. The maximum Gasteiger partial charge on any atom is 0.217 e. The van der Waals surface area contributed by atoms with Crippen molar-refractivity contribution in [3.05, 3.63) is 0 Å². The molecule has 4 saturated heterocycles. The van der Waals surface area contributed by atoms with Crippen LogP contribution < -0.4 is 10.6 Å². The Bertz CT molecular complexity index is 1390. The van der Waals surface area contributed by atoms with Gasteiger partial charge in [0.25, 0.3) is 0 Å². The minimum Gasteiger partial charge on any atom is -0.394 e. The number of hydrogen-bond donors (Lipinski definition) is 18. The standard InChI is InChI=1S/C34H60N2O26/c1-9(42)35-11(3-37)18(45)28(12(44)4-38)60-33-27(54)24(51)21(48)16(59-33)8-55-34-30(25(52)20(47)14(6-40)57-34)62-31-17(36-10(2)43)22(49)29(15(7-41)58-31)61-32-26(53)23(50)19(46)13(5-39)56-32/h11-34,37-41,44-54H,3-8H2,1-2H3,(H,35,42)(H,36,43)/t11-,12+,13+,14+,15+,16+,17+,18+,19-,20+,21+,22+,23-,24-,25-,26+,27-,28+,29+,30-,31-,32-,33-,34-/m0/s1. The number of nitrogens with one attached hydrogen (secondary N) is 2. The van der Waals surface area contributed by atoms with Gasteiger partial charge in [-0.2, -0.15) is 0 Å². The molecule has 24 atom stereocenters. The molecular weight excluding hydrogens is 852 g/mol. The summed E-state index contributed by atoms with van der Waals surface area (Å²) in [7, 11) is 0. The maximum absolute atomic E-state index is 12.4. The van der Waals surface area contributed by atoms with Crippen LogP contribution in [0.1, 0.15) is 13.8 Å². The second kappa shape index (κ2) is 23.4. The molecule has 62 heavy (non-hydrogen) atoms. The number of amides is 2. The summed E-state index contributed by atoms with van der Waals surface area (Å²) in [6.45, 7) is -3.48. The first-order valence-electron chi connectivity index (χ1n) is 19.5. The number of carbonyl (C=O) groups excluding carboxylic acids is 2. The highest BCUT2D eigenvalue weighted by Crippen LogP contribution is 2.34. The molecule has 4 fully saturated rings. The fourth-order valence-corrected chi connectivity index (χ4v) is 7.31. The molecule has 0 saturated carbocycles. The third-order valence-electron chi connectivity index (χ3n) is 10.8. The molecule has 0 unspecified atom stereocenters. The summed E-state index contributed by atoms with van der Waals surface area (Å²) in [6.07, 6.45) is -41.3. The Kier molecular flexibility index (Phi) is 19.9. The number of hydrogen-bond acceptors (Lipinski definition) is 26. The zero-order valence-corrected chi connectivity index (χ0v) is 33.3. The monoisotopic (exact) mass is 912 g/mol. The molecule has 4 aliphatic heterocycles. The van der Waals surface area contributed by atoms with E-state index in [2.05, 4.69) is 10.6 Å². The maximum atomic E-state index is 12.4. The average Bonchev–Trinajstić information content (AvgIpc) is 3.24. The Hall–Kier alpha value is -2.02. The smallest absolute Gasteiger partial charge is 0.217 e. The quantitative estimate of drug-likeness (QED) is 0.0572. The molecule has 28 heteroatoms.